The van der Waals surface area contributed by atoms with E-state index in [1.807, 2.05) is 20.8 Å². The first-order valence-electron chi connectivity index (χ1n) is 6.52. The Morgan fingerprint density at radius 2 is 1.95 bits per heavy atom. The SMILES string of the molecule is CCC(C)(C)CNS(=O)(=O)Cc1ccccc1C(N)=S. The van der Waals surface area contributed by atoms with E-state index in [1.54, 1.807) is 24.3 Å². The Bertz CT molecular complexity index is 581. The second kappa shape index (κ2) is 6.65. The molecule has 4 nitrogen and oxygen atoms in total. The molecule has 0 atom stereocenters. The number of hydrogen-bond donors (Lipinski definition) is 2. The van der Waals surface area contributed by atoms with Crippen molar-refractivity contribution in [2.24, 2.45) is 11.1 Å². The molecule has 20 heavy (non-hydrogen) atoms. The van der Waals surface area contributed by atoms with Gasteiger partial charge in [-0.25, -0.2) is 13.1 Å². The standard InChI is InChI=1S/C14H22N2O2S2/c1-4-14(2,3)10-16-20(17,18)9-11-7-5-6-8-12(11)13(15)19/h5-8,16H,4,9-10H2,1-3H3,(H2,15,19). The van der Waals surface area contributed by atoms with Crippen molar-refractivity contribution in [2.75, 3.05) is 6.54 Å². The van der Waals surface area contributed by atoms with Crippen molar-refractivity contribution in [2.45, 2.75) is 32.9 Å². The molecule has 3 N–H and O–H groups in total. The third-order valence-electron chi connectivity index (χ3n) is 3.36. The Kier molecular flexibility index (Phi) is 5.68. The third-order valence-corrected chi connectivity index (χ3v) is 4.85. The van der Waals surface area contributed by atoms with Crippen LogP contribution in [0, 0.1) is 5.41 Å². The van der Waals surface area contributed by atoms with E-state index in [1.165, 1.54) is 0 Å². The van der Waals surface area contributed by atoms with Crippen molar-refractivity contribution in [3.8, 4) is 0 Å². The van der Waals surface area contributed by atoms with Crippen LogP contribution in [-0.4, -0.2) is 20.0 Å². The largest absolute Gasteiger partial charge is 0.389 e. The first-order chi connectivity index (χ1) is 9.17. The van der Waals surface area contributed by atoms with Crippen LogP contribution in [0.25, 0.3) is 0 Å². The van der Waals surface area contributed by atoms with E-state index in [2.05, 4.69) is 4.72 Å². The molecule has 0 aliphatic carbocycles. The molecular formula is C14H22N2O2S2. The minimum absolute atomic E-state index is 0.0598. The molecule has 0 fully saturated rings. The predicted octanol–water partition coefficient (Wildman–Crippen LogP) is 2.18. The second-order valence-corrected chi connectivity index (χ2v) is 7.87. The molecule has 0 aromatic heterocycles. The van der Waals surface area contributed by atoms with Crippen LogP contribution in [0.1, 0.15) is 38.3 Å². The number of rotatable bonds is 7. The quantitative estimate of drug-likeness (QED) is 0.757. The van der Waals surface area contributed by atoms with Crippen LogP contribution < -0.4 is 10.5 Å². The Morgan fingerprint density at radius 1 is 1.35 bits per heavy atom. The molecule has 0 unspecified atom stereocenters. The molecular weight excluding hydrogens is 292 g/mol. The van der Waals surface area contributed by atoms with Crippen LogP contribution in [0.2, 0.25) is 0 Å². The summed E-state index contributed by atoms with van der Waals surface area (Å²) in [6, 6.07) is 7.04. The van der Waals surface area contributed by atoms with Crippen molar-refractivity contribution >= 4 is 27.2 Å². The Morgan fingerprint density at radius 3 is 2.50 bits per heavy atom. The summed E-state index contributed by atoms with van der Waals surface area (Å²) >= 11 is 4.94. The van der Waals surface area contributed by atoms with Gasteiger partial charge in [-0.05, 0) is 17.4 Å². The van der Waals surface area contributed by atoms with Crippen LogP contribution in [0.15, 0.2) is 24.3 Å². The van der Waals surface area contributed by atoms with Crippen molar-refractivity contribution in [3.63, 3.8) is 0 Å². The maximum Gasteiger partial charge on any atom is 0.215 e. The first kappa shape index (κ1) is 17.1. The summed E-state index contributed by atoms with van der Waals surface area (Å²) in [6.07, 6.45) is 0.902. The smallest absolute Gasteiger partial charge is 0.215 e. The molecule has 0 aliphatic rings. The minimum atomic E-state index is -3.40. The average Bonchev–Trinajstić information content (AvgIpc) is 2.37. The zero-order valence-electron chi connectivity index (χ0n) is 12.1. The van der Waals surface area contributed by atoms with Gasteiger partial charge in [0.2, 0.25) is 10.0 Å². The third kappa shape index (κ3) is 5.19. The maximum atomic E-state index is 12.1. The molecule has 0 bridgehead atoms. The first-order valence-corrected chi connectivity index (χ1v) is 8.58. The van der Waals surface area contributed by atoms with E-state index in [4.69, 9.17) is 18.0 Å². The number of nitrogens with two attached hydrogens (primary N) is 1. The van der Waals surface area contributed by atoms with Gasteiger partial charge in [0.1, 0.15) is 4.99 Å². The number of benzene rings is 1. The molecule has 0 amide bonds. The van der Waals surface area contributed by atoms with E-state index in [0.717, 1.165) is 6.42 Å². The Hall–Kier alpha value is -0.980. The summed E-state index contributed by atoms with van der Waals surface area (Å²) in [7, 11) is -3.40. The lowest BCUT2D eigenvalue weighted by atomic mass is 9.91. The maximum absolute atomic E-state index is 12.1. The minimum Gasteiger partial charge on any atom is -0.389 e. The zero-order valence-corrected chi connectivity index (χ0v) is 13.8. The Labute approximate surface area is 126 Å². The molecule has 6 heteroatoms. The fourth-order valence-corrected chi connectivity index (χ4v) is 3.15. The van der Waals surface area contributed by atoms with Crippen molar-refractivity contribution in [3.05, 3.63) is 35.4 Å². The molecule has 0 heterocycles. The highest BCUT2D eigenvalue weighted by Gasteiger charge is 2.20. The molecule has 0 saturated carbocycles. The molecule has 0 aliphatic heterocycles. The zero-order chi connectivity index (χ0) is 15.4. The van der Waals surface area contributed by atoms with Gasteiger partial charge in [-0.15, -0.1) is 0 Å². The van der Waals surface area contributed by atoms with Crippen molar-refractivity contribution < 1.29 is 8.42 Å². The monoisotopic (exact) mass is 314 g/mol. The van der Waals surface area contributed by atoms with Gasteiger partial charge in [0.25, 0.3) is 0 Å². The summed E-state index contributed by atoms with van der Waals surface area (Å²) in [5, 5.41) is 0. The predicted molar refractivity (Wildman–Crippen MR) is 87.0 cm³/mol. The van der Waals surface area contributed by atoms with Crippen molar-refractivity contribution in [1.29, 1.82) is 0 Å². The van der Waals surface area contributed by atoms with Gasteiger partial charge in [0, 0.05) is 12.1 Å². The summed E-state index contributed by atoms with van der Waals surface area (Å²) in [6.45, 7) is 6.51. The highest BCUT2D eigenvalue weighted by atomic mass is 32.2. The summed E-state index contributed by atoms with van der Waals surface area (Å²) < 4.78 is 26.9. The van der Waals surface area contributed by atoms with E-state index in [0.29, 0.717) is 17.7 Å². The van der Waals surface area contributed by atoms with E-state index < -0.39 is 10.0 Å². The van der Waals surface area contributed by atoms with Gasteiger partial charge >= 0.3 is 0 Å². The van der Waals surface area contributed by atoms with Gasteiger partial charge in [-0.2, -0.15) is 0 Å². The lowest BCUT2D eigenvalue weighted by Gasteiger charge is -2.23. The van der Waals surface area contributed by atoms with Gasteiger partial charge in [-0.1, -0.05) is 57.3 Å². The van der Waals surface area contributed by atoms with Gasteiger partial charge in [-0.3, -0.25) is 0 Å². The number of sulfonamides is 1. The van der Waals surface area contributed by atoms with E-state index >= 15 is 0 Å². The summed E-state index contributed by atoms with van der Waals surface area (Å²) in [5.74, 6) is -0.111. The van der Waals surface area contributed by atoms with Crippen LogP contribution in [0.3, 0.4) is 0 Å². The topological polar surface area (TPSA) is 72.2 Å². The fourth-order valence-electron chi connectivity index (χ4n) is 1.57. The van der Waals surface area contributed by atoms with Gasteiger partial charge in [0.05, 0.1) is 5.75 Å². The normalized spacial score (nSPS) is 12.3. The molecule has 0 spiro atoms. The van der Waals surface area contributed by atoms with Crippen LogP contribution in [-0.2, 0) is 15.8 Å². The van der Waals surface area contributed by atoms with E-state index in [-0.39, 0.29) is 16.2 Å². The van der Waals surface area contributed by atoms with Crippen LogP contribution in [0.4, 0.5) is 0 Å². The van der Waals surface area contributed by atoms with Crippen LogP contribution >= 0.6 is 12.2 Å². The summed E-state index contributed by atoms with van der Waals surface area (Å²) in [4.78, 5) is 0.213. The molecule has 1 aromatic carbocycles. The Balaban J connectivity index is 2.85. The highest BCUT2D eigenvalue weighted by Crippen LogP contribution is 2.19. The van der Waals surface area contributed by atoms with Crippen LogP contribution in [0.5, 0.6) is 0 Å². The number of hydrogen-bond acceptors (Lipinski definition) is 3. The number of thiocarbonyl (C=S) groups is 1. The molecule has 1 aromatic rings. The fraction of sp³-hybridized carbons (Fsp3) is 0.500. The molecule has 0 saturated heterocycles. The average molecular weight is 314 g/mol. The lowest BCUT2D eigenvalue weighted by Crippen LogP contribution is -2.34. The highest BCUT2D eigenvalue weighted by molar-refractivity contribution is 7.88. The van der Waals surface area contributed by atoms with Crippen molar-refractivity contribution in [1.82, 2.24) is 4.72 Å². The summed E-state index contributed by atoms with van der Waals surface area (Å²) in [5.41, 5.74) is 6.79. The van der Waals surface area contributed by atoms with Gasteiger partial charge in [0.15, 0.2) is 0 Å². The molecule has 0 radical (unpaired) electrons. The molecule has 1 rings (SSSR count). The number of nitrogens with one attached hydrogen (secondary N) is 1. The molecule has 112 valence electrons. The second-order valence-electron chi connectivity index (χ2n) is 5.62. The van der Waals surface area contributed by atoms with E-state index in [9.17, 15) is 8.42 Å². The van der Waals surface area contributed by atoms with Gasteiger partial charge < -0.3 is 5.73 Å². The lowest BCUT2D eigenvalue weighted by molar-refractivity contribution is 0.350.